The molecule has 1 N–H and O–H groups in total. The molecule has 1 aromatic heterocycles. The number of carbonyl (C=O) groups is 1. The number of hydrogen-bond acceptors (Lipinski definition) is 4. The Morgan fingerprint density at radius 3 is 2.34 bits per heavy atom. The molecule has 3 aromatic rings. The predicted molar refractivity (Wildman–Crippen MR) is 99.1 cm³/mol. The van der Waals surface area contributed by atoms with Crippen LogP contribution in [-0.4, -0.2) is 24.1 Å². The van der Waals surface area contributed by atoms with Gasteiger partial charge in [0.25, 0.3) is 15.9 Å². The molecule has 0 saturated carbocycles. The molecule has 0 spiro atoms. The summed E-state index contributed by atoms with van der Waals surface area (Å²) >= 11 is 0. The highest BCUT2D eigenvalue weighted by atomic mass is 32.2. The number of aromatic nitrogens is 2. The molecule has 0 fully saturated rings. The van der Waals surface area contributed by atoms with Gasteiger partial charge in [0.1, 0.15) is 0 Å². The average molecular weight is 423 g/mol. The topological polar surface area (TPSA) is 81.1 Å². The van der Waals surface area contributed by atoms with Gasteiger partial charge in [0, 0.05) is 11.3 Å². The number of amides is 1. The van der Waals surface area contributed by atoms with E-state index in [1.54, 1.807) is 22.4 Å². The maximum absolute atomic E-state index is 13.1. The van der Waals surface area contributed by atoms with Crippen LogP contribution in [-0.2, 0) is 16.2 Å². The molecule has 152 valence electrons. The molecule has 1 heterocycles. The Morgan fingerprint density at radius 2 is 1.72 bits per heavy atom. The van der Waals surface area contributed by atoms with Crippen molar-refractivity contribution in [1.82, 2.24) is 14.5 Å². The van der Waals surface area contributed by atoms with E-state index in [-0.39, 0.29) is 5.56 Å². The van der Waals surface area contributed by atoms with Crippen molar-refractivity contribution in [2.75, 3.05) is 0 Å². The molecule has 3 rings (SSSR count). The first-order valence-corrected chi connectivity index (χ1v) is 9.84. The fraction of sp³-hybridized carbons (Fsp3) is 0.158. The van der Waals surface area contributed by atoms with Crippen LogP contribution in [0.3, 0.4) is 0 Å². The van der Waals surface area contributed by atoms with Crippen LogP contribution in [0.25, 0.3) is 5.69 Å². The van der Waals surface area contributed by atoms with E-state index in [9.17, 15) is 26.4 Å². The summed E-state index contributed by atoms with van der Waals surface area (Å²) in [4.78, 5) is 11.4. The van der Waals surface area contributed by atoms with E-state index < -0.39 is 32.6 Å². The summed E-state index contributed by atoms with van der Waals surface area (Å²) in [5, 5.41) is 4.28. The van der Waals surface area contributed by atoms with Crippen LogP contribution in [0.15, 0.2) is 59.5 Å². The molecule has 0 aliphatic heterocycles. The van der Waals surface area contributed by atoms with Crippen molar-refractivity contribution < 1.29 is 26.4 Å². The molecule has 0 unspecified atom stereocenters. The standard InChI is InChI=1S/C19H16F3N3O3S/c1-12-10-13(2)25(23-12)15-7-5-6-14(11-15)18(26)24-29(27,28)17-9-4-3-8-16(17)19(20,21)22/h3-11H,1-2H3,(H,24,26). The van der Waals surface area contributed by atoms with E-state index in [0.717, 1.165) is 29.6 Å². The monoisotopic (exact) mass is 423 g/mol. The molecular weight excluding hydrogens is 407 g/mol. The zero-order chi connectivity index (χ0) is 21.4. The minimum atomic E-state index is -4.89. The lowest BCUT2D eigenvalue weighted by Crippen LogP contribution is -2.32. The Bertz CT molecular complexity index is 1180. The number of hydrogen-bond donors (Lipinski definition) is 1. The zero-order valence-corrected chi connectivity index (χ0v) is 16.2. The number of nitrogens with one attached hydrogen (secondary N) is 1. The Balaban J connectivity index is 1.93. The van der Waals surface area contributed by atoms with Gasteiger partial charge < -0.3 is 0 Å². The molecule has 2 aromatic carbocycles. The fourth-order valence-electron chi connectivity index (χ4n) is 2.84. The summed E-state index contributed by atoms with van der Waals surface area (Å²) in [6, 6.07) is 11.4. The highest BCUT2D eigenvalue weighted by molar-refractivity contribution is 7.90. The molecule has 0 atom stereocenters. The largest absolute Gasteiger partial charge is 0.417 e. The third kappa shape index (κ3) is 4.32. The Hall–Kier alpha value is -3.14. The zero-order valence-electron chi connectivity index (χ0n) is 15.4. The number of halogens is 3. The number of benzene rings is 2. The van der Waals surface area contributed by atoms with E-state index in [1.165, 1.54) is 18.2 Å². The number of rotatable bonds is 4. The minimum Gasteiger partial charge on any atom is -0.268 e. The van der Waals surface area contributed by atoms with Gasteiger partial charge in [-0.15, -0.1) is 0 Å². The smallest absolute Gasteiger partial charge is 0.268 e. The van der Waals surface area contributed by atoms with Gasteiger partial charge >= 0.3 is 6.18 Å². The molecule has 0 aliphatic rings. The molecule has 0 saturated heterocycles. The number of sulfonamides is 1. The van der Waals surface area contributed by atoms with Crippen LogP contribution >= 0.6 is 0 Å². The van der Waals surface area contributed by atoms with Gasteiger partial charge in [0.05, 0.1) is 21.8 Å². The van der Waals surface area contributed by atoms with E-state index >= 15 is 0 Å². The molecular formula is C19H16F3N3O3S. The van der Waals surface area contributed by atoms with Crippen molar-refractivity contribution in [3.63, 3.8) is 0 Å². The summed E-state index contributed by atoms with van der Waals surface area (Å²) in [6.45, 7) is 3.61. The minimum absolute atomic E-state index is 0.0388. The number of alkyl halides is 3. The second kappa shape index (κ2) is 7.36. The van der Waals surface area contributed by atoms with Crippen LogP contribution in [0.5, 0.6) is 0 Å². The van der Waals surface area contributed by atoms with Crippen molar-refractivity contribution in [3.8, 4) is 5.69 Å². The summed E-state index contributed by atoms with van der Waals surface area (Å²) in [5.41, 5.74) is 0.673. The third-order valence-electron chi connectivity index (χ3n) is 4.07. The Kier molecular flexibility index (Phi) is 5.22. The maximum atomic E-state index is 13.1. The lowest BCUT2D eigenvalue weighted by atomic mass is 10.2. The molecule has 6 nitrogen and oxygen atoms in total. The summed E-state index contributed by atoms with van der Waals surface area (Å²) in [7, 11) is -4.74. The third-order valence-corrected chi connectivity index (χ3v) is 5.46. The van der Waals surface area contributed by atoms with E-state index in [1.807, 2.05) is 13.0 Å². The van der Waals surface area contributed by atoms with Gasteiger partial charge in [-0.2, -0.15) is 18.3 Å². The van der Waals surface area contributed by atoms with Crippen LogP contribution in [0.1, 0.15) is 27.3 Å². The highest BCUT2D eigenvalue weighted by Gasteiger charge is 2.37. The number of aryl methyl sites for hydroxylation is 2. The first-order chi connectivity index (χ1) is 13.5. The molecule has 29 heavy (non-hydrogen) atoms. The summed E-state index contributed by atoms with van der Waals surface area (Å²) in [6.07, 6.45) is -4.89. The van der Waals surface area contributed by atoms with Gasteiger partial charge in [-0.25, -0.2) is 17.8 Å². The molecule has 0 radical (unpaired) electrons. The fourth-order valence-corrected chi connectivity index (χ4v) is 4.04. The lowest BCUT2D eigenvalue weighted by molar-refractivity contribution is -0.139. The molecule has 1 amide bonds. The van der Waals surface area contributed by atoms with Gasteiger partial charge in [-0.3, -0.25) is 4.79 Å². The molecule has 0 bridgehead atoms. The van der Waals surface area contributed by atoms with Crippen molar-refractivity contribution in [2.24, 2.45) is 0 Å². The second-order valence-corrected chi connectivity index (χ2v) is 7.97. The van der Waals surface area contributed by atoms with Gasteiger partial charge in [-0.1, -0.05) is 18.2 Å². The predicted octanol–water partition coefficient (Wildman–Crippen LogP) is 3.63. The first kappa shape index (κ1) is 20.6. The SMILES string of the molecule is Cc1cc(C)n(-c2cccc(C(=O)NS(=O)(=O)c3ccccc3C(F)(F)F)c2)n1. The highest BCUT2D eigenvalue weighted by Crippen LogP contribution is 2.33. The van der Waals surface area contributed by atoms with Crippen LogP contribution in [0.4, 0.5) is 13.2 Å². The first-order valence-electron chi connectivity index (χ1n) is 8.36. The van der Waals surface area contributed by atoms with Crippen LogP contribution in [0, 0.1) is 13.8 Å². The Labute approximate surface area is 165 Å². The second-order valence-electron chi connectivity index (χ2n) is 6.32. The maximum Gasteiger partial charge on any atom is 0.417 e. The lowest BCUT2D eigenvalue weighted by Gasteiger charge is -2.14. The number of carbonyl (C=O) groups excluding carboxylic acids is 1. The summed E-state index contributed by atoms with van der Waals surface area (Å²) < 4.78 is 67.6. The van der Waals surface area contributed by atoms with Crippen LogP contribution in [0.2, 0.25) is 0 Å². The molecule has 10 heteroatoms. The van der Waals surface area contributed by atoms with E-state index in [4.69, 9.17) is 0 Å². The van der Waals surface area contributed by atoms with Crippen LogP contribution < -0.4 is 4.72 Å². The quantitative estimate of drug-likeness (QED) is 0.695. The normalized spacial score (nSPS) is 12.0. The van der Waals surface area contributed by atoms with Gasteiger partial charge in [0.15, 0.2) is 0 Å². The van der Waals surface area contributed by atoms with Crippen molar-refractivity contribution in [1.29, 1.82) is 0 Å². The van der Waals surface area contributed by atoms with Crippen molar-refractivity contribution >= 4 is 15.9 Å². The average Bonchev–Trinajstić information content (AvgIpc) is 2.99. The van der Waals surface area contributed by atoms with Gasteiger partial charge in [0.2, 0.25) is 0 Å². The molecule has 0 aliphatic carbocycles. The van der Waals surface area contributed by atoms with Gasteiger partial charge in [-0.05, 0) is 50.2 Å². The van der Waals surface area contributed by atoms with Crippen molar-refractivity contribution in [2.45, 2.75) is 24.9 Å². The van der Waals surface area contributed by atoms with Crippen molar-refractivity contribution in [3.05, 3.63) is 77.1 Å². The van der Waals surface area contributed by atoms with E-state index in [0.29, 0.717) is 11.8 Å². The summed E-state index contributed by atoms with van der Waals surface area (Å²) in [5.74, 6) is -1.05. The van der Waals surface area contributed by atoms with E-state index in [2.05, 4.69) is 5.10 Å². The Morgan fingerprint density at radius 1 is 1.03 bits per heavy atom. The number of nitrogens with zero attached hydrogens (tertiary/aromatic N) is 2.